The lowest BCUT2D eigenvalue weighted by Crippen LogP contribution is -2.28. The number of nitrogens with zero attached hydrogens (tertiary/aromatic N) is 2. The second kappa shape index (κ2) is 7.74. The van der Waals surface area contributed by atoms with E-state index in [1.807, 2.05) is 41.9 Å². The van der Waals surface area contributed by atoms with Crippen molar-refractivity contribution in [3.63, 3.8) is 0 Å². The fourth-order valence-corrected chi connectivity index (χ4v) is 2.30. The van der Waals surface area contributed by atoms with E-state index in [-0.39, 0.29) is 0 Å². The number of benzene rings is 1. The number of hydrogen-bond donors (Lipinski definition) is 1. The van der Waals surface area contributed by atoms with E-state index >= 15 is 0 Å². The van der Waals surface area contributed by atoms with Crippen LogP contribution in [0.2, 0.25) is 0 Å². The van der Waals surface area contributed by atoms with Crippen LogP contribution in [0.15, 0.2) is 34.2 Å². The Kier molecular flexibility index (Phi) is 6.62. The molecule has 0 aliphatic rings. The lowest BCUT2D eigenvalue weighted by Gasteiger charge is -2.15. The number of hydrogen-bond acceptors (Lipinski definition) is 3. The molecule has 0 aliphatic heterocycles. The Hall–Kier alpha value is -0.520. The van der Waals surface area contributed by atoms with Crippen molar-refractivity contribution >= 4 is 47.0 Å². The maximum Gasteiger partial charge on any atom is 0.206 e. The van der Waals surface area contributed by atoms with Gasteiger partial charge in [-0.3, -0.25) is 4.31 Å². The normalized spacial score (nSPS) is 11.6. The van der Waals surface area contributed by atoms with Crippen LogP contribution in [-0.2, 0) is 0 Å². The minimum absolute atomic E-state index is 0.485. The van der Waals surface area contributed by atoms with Crippen LogP contribution < -0.4 is 5.73 Å². The molecule has 0 spiro atoms. The minimum Gasteiger partial charge on any atom is -0.369 e. The molecule has 0 aromatic heterocycles. The Labute approximate surface area is 116 Å². The highest BCUT2D eigenvalue weighted by atomic mass is 35.5. The molecule has 0 saturated heterocycles. The van der Waals surface area contributed by atoms with Crippen LogP contribution in [0.25, 0.3) is 0 Å². The Balaban J connectivity index is 2.72. The zero-order valence-corrected chi connectivity index (χ0v) is 12.3. The number of halogens is 1. The molecule has 0 unspecified atom stereocenters. The fourth-order valence-electron chi connectivity index (χ4n) is 1.12. The Morgan fingerprint density at radius 3 is 2.94 bits per heavy atom. The van der Waals surface area contributed by atoms with Crippen molar-refractivity contribution in [1.29, 1.82) is 0 Å². The third kappa shape index (κ3) is 5.10. The van der Waals surface area contributed by atoms with Gasteiger partial charge in [-0.15, -0.1) is 23.4 Å². The zero-order valence-electron chi connectivity index (χ0n) is 9.89. The fraction of sp³-hybridized carbons (Fsp3) is 0.364. The van der Waals surface area contributed by atoms with E-state index in [2.05, 4.69) is 4.99 Å². The van der Waals surface area contributed by atoms with Crippen molar-refractivity contribution < 1.29 is 0 Å². The second-order valence-electron chi connectivity index (χ2n) is 3.19. The molecule has 0 saturated carbocycles. The molecule has 0 radical (unpaired) electrons. The molecular formula is C11H16ClN3S2. The summed E-state index contributed by atoms with van der Waals surface area (Å²) >= 11 is 8.86. The molecular weight excluding hydrogens is 274 g/mol. The number of alkyl halides is 1. The van der Waals surface area contributed by atoms with E-state index in [1.54, 1.807) is 23.7 Å². The van der Waals surface area contributed by atoms with Crippen LogP contribution >= 0.6 is 35.3 Å². The highest BCUT2D eigenvalue weighted by molar-refractivity contribution is 7.98. The molecule has 0 bridgehead atoms. The van der Waals surface area contributed by atoms with Gasteiger partial charge in [0.05, 0.1) is 5.69 Å². The molecule has 0 aliphatic carbocycles. The van der Waals surface area contributed by atoms with Crippen LogP contribution in [0.3, 0.4) is 0 Å². The molecule has 0 heterocycles. The maximum atomic E-state index is 5.89. The van der Waals surface area contributed by atoms with Crippen LogP contribution in [0, 0.1) is 0 Å². The number of rotatable bonds is 5. The average Bonchev–Trinajstić information content (AvgIpc) is 2.36. The van der Waals surface area contributed by atoms with Crippen LogP contribution in [0.5, 0.6) is 0 Å². The minimum atomic E-state index is 0.485. The topological polar surface area (TPSA) is 41.6 Å². The Bertz CT molecular complexity index is 385. The summed E-state index contributed by atoms with van der Waals surface area (Å²) in [6.45, 7) is 0. The van der Waals surface area contributed by atoms with Gasteiger partial charge in [-0.2, -0.15) is 0 Å². The molecule has 0 fully saturated rings. The van der Waals surface area contributed by atoms with Crippen molar-refractivity contribution in [3.8, 4) is 0 Å². The Morgan fingerprint density at radius 1 is 1.53 bits per heavy atom. The smallest absolute Gasteiger partial charge is 0.206 e. The van der Waals surface area contributed by atoms with Crippen molar-refractivity contribution in [1.82, 2.24) is 4.31 Å². The van der Waals surface area contributed by atoms with Gasteiger partial charge in [0.1, 0.15) is 0 Å². The van der Waals surface area contributed by atoms with Gasteiger partial charge in [0, 0.05) is 23.6 Å². The van der Waals surface area contributed by atoms with Crippen LogP contribution in [-0.4, -0.2) is 35.2 Å². The summed E-state index contributed by atoms with van der Waals surface area (Å²) in [6.07, 6.45) is 2.04. The molecule has 94 valence electrons. The van der Waals surface area contributed by atoms with E-state index < -0.39 is 0 Å². The van der Waals surface area contributed by atoms with Crippen molar-refractivity contribution in [3.05, 3.63) is 24.3 Å². The van der Waals surface area contributed by atoms with Crippen LogP contribution in [0.1, 0.15) is 0 Å². The second-order valence-corrected chi connectivity index (χ2v) is 5.66. The number of aliphatic imine (C=N–C) groups is 1. The van der Waals surface area contributed by atoms with Crippen LogP contribution in [0.4, 0.5) is 5.69 Å². The summed E-state index contributed by atoms with van der Waals surface area (Å²) in [4.78, 5) is 5.54. The highest BCUT2D eigenvalue weighted by Crippen LogP contribution is 2.21. The predicted molar refractivity (Wildman–Crippen MR) is 80.4 cm³/mol. The third-order valence-electron chi connectivity index (χ3n) is 1.98. The van der Waals surface area contributed by atoms with Crippen molar-refractivity contribution in [2.45, 2.75) is 4.90 Å². The summed E-state index contributed by atoms with van der Waals surface area (Å²) < 4.78 is 1.83. The summed E-state index contributed by atoms with van der Waals surface area (Å²) in [5.74, 6) is 1.90. The standard InChI is InChI=1S/C11H16ClN3S2/c1-15(17-7-6-12)11(13)14-9-4-3-5-10(8-9)16-2/h3-5,8H,6-7H2,1-2H3,(H2,13,14). The largest absolute Gasteiger partial charge is 0.369 e. The van der Waals surface area contributed by atoms with E-state index in [1.165, 1.54) is 4.90 Å². The third-order valence-corrected chi connectivity index (χ3v) is 4.08. The molecule has 17 heavy (non-hydrogen) atoms. The van der Waals surface area contributed by atoms with Crippen molar-refractivity contribution in [2.24, 2.45) is 10.7 Å². The molecule has 1 aromatic carbocycles. The SMILES string of the molecule is CSc1cccc(N=C(N)N(C)SCCCl)c1. The summed E-state index contributed by atoms with van der Waals surface area (Å²) in [7, 11) is 1.88. The maximum absolute atomic E-state index is 5.89. The van der Waals surface area contributed by atoms with Gasteiger partial charge in [-0.1, -0.05) is 6.07 Å². The Morgan fingerprint density at radius 2 is 2.29 bits per heavy atom. The number of nitrogens with two attached hydrogens (primary N) is 1. The molecule has 6 heteroatoms. The van der Waals surface area contributed by atoms with Gasteiger partial charge < -0.3 is 5.73 Å². The molecule has 0 amide bonds. The van der Waals surface area contributed by atoms with Gasteiger partial charge in [-0.05, 0) is 36.4 Å². The van der Waals surface area contributed by atoms with E-state index in [0.29, 0.717) is 11.8 Å². The van der Waals surface area contributed by atoms with Gasteiger partial charge in [-0.25, -0.2) is 4.99 Å². The summed E-state index contributed by atoms with van der Waals surface area (Å²) in [6, 6.07) is 7.97. The first-order chi connectivity index (χ1) is 8.17. The van der Waals surface area contributed by atoms with E-state index in [4.69, 9.17) is 17.3 Å². The van der Waals surface area contributed by atoms with Gasteiger partial charge in [0.15, 0.2) is 0 Å². The highest BCUT2D eigenvalue weighted by Gasteiger charge is 2.02. The summed E-state index contributed by atoms with van der Waals surface area (Å²) in [5, 5.41) is 0. The first-order valence-electron chi connectivity index (χ1n) is 5.08. The molecule has 2 N–H and O–H groups in total. The zero-order chi connectivity index (χ0) is 12.7. The molecule has 0 atom stereocenters. The predicted octanol–water partition coefficient (Wildman–Crippen LogP) is 3.17. The quantitative estimate of drug-likeness (QED) is 0.297. The van der Waals surface area contributed by atoms with E-state index in [0.717, 1.165) is 11.4 Å². The number of thioether (sulfide) groups is 1. The van der Waals surface area contributed by atoms with Crippen molar-refractivity contribution in [2.75, 3.05) is 24.9 Å². The van der Waals surface area contributed by atoms with Gasteiger partial charge >= 0.3 is 0 Å². The molecule has 3 nitrogen and oxygen atoms in total. The first-order valence-corrected chi connectivity index (χ1v) is 7.78. The number of guanidine groups is 1. The first kappa shape index (κ1) is 14.5. The molecule has 1 rings (SSSR count). The average molecular weight is 290 g/mol. The monoisotopic (exact) mass is 289 g/mol. The van der Waals surface area contributed by atoms with Gasteiger partial charge in [0.2, 0.25) is 5.96 Å². The summed E-state index contributed by atoms with van der Waals surface area (Å²) in [5.41, 5.74) is 6.75. The lowest BCUT2D eigenvalue weighted by atomic mass is 10.3. The lowest BCUT2D eigenvalue weighted by molar-refractivity contribution is 0.828. The molecule has 1 aromatic rings. The van der Waals surface area contributed by atoms with E-state index in [9.17, 15) is 0 Å². The van der Waals surface area contributed by atoms with Gasteiger partial charge in [0.25, 0.3) is 0 Å².